The molecule has 4 nitrogen and oxygen atoms in total. The summed E-state index contributed by atoms with van der Waals surface area (Å²) in [5.41, 5.74) is 2.53. The van der Waals surface area contributed by atoms with Crippen LogP contribution < -0.4 is 10.9 Å². The van der Waals surface area contributed by atoms with Crippen molar-refractivity contribution in [2.75, 3.05) is 0 Å². The standard InChI is InChI=1S/C16H16N2O2/c19-15-10-4-9-14(17-15)16(20)18-13-8-3-6-11-5-1-2-7-12(11)13/h1-2,4-5,7,9-10,13H,3,6,8H2,(H,17,19)(H,18,20). The Kier molecular flexibility index (Phi) is 3.37. The zero-order valence-electron chi connectivity index (χ0n) is 11.1. The summed E-state index contributed by atoms with van der Waals surface area (Å²) in [7, 11) is 0. The lowest BCUT2D eigenvalue weighted by molar-refractivity contribution is 0.0927. The number of carbonyl (C=O) groups excluding carboxylic acids is 1. The number of aryl methyl sites for hydroxylation is 1. The van der Waals surface area contributed by atoms with Gasteiger partial charge in [-0.1, -0.05) is 30.3 Å². The van der Waals surface area contributed by atoms with Crippen molar-refractivity contribution >= 4 is 5.91 Å². The molecule has 20 heavy (non-hydrogen) atoms. The van der Waals surface area contributed by atoms with E-state index in [9.17, 15) is 9.59 Å². The fourth-order valence-electron chi connectivity index (χ4n) is 2.72. The van der Waals surface area contributed by atoms with Crippen LogP contribution in [0.4, 0.5) is 0 Å². The van der Waals surface area contributed by atoms with E-state index in [2.05, 4.69) is 22.4 Å². The summed E-state index contributed by atoms with van der Waals surface area (Å²) in [6.07, 6.45) is 3.05. The zero-order chi connectivity index (χ0) is 13.9. The number of pyridine rings is 1. The van der Waals surface area contributed by atoms with Gasteiger partial charge < -0.3 is 10.3 Å². The van der Waals surface area contributed by atoms with Crippen LogP contribution >= 0.6 is 0 Å². The highest BCUT2D eigenvalue weighted by molar-refractivity contribution is 5.92. The number of rotatable bonds is 2. The summed E-state index contributed by atoms with van der Waals surface area (Å²) < 4.78 is 0. The molecular weight excluding hydrogens is 252 g/mol. The Balaban J connectivity index is 1.82. The third-order valence-corrected chi connectivity index (χ3v) is 3.69. The Bertz CT molecular complexity index is 691. The van der Waals surface area contributed by atoms with E-state index in [4.69, 9.17) is 0 Å². The molecule has 2 aromatic rings. The predicted molar refractivity (Wildman–Crippen MR) is 76.6 cm³/mol. The second kappa shape index (κ2) is 5.33. The van der Waals surface area contributed by atoms with Crippen LogP contribution in [0.15, 0.2) is 47.3 Å². The summed E-state index contributed by atoms with van der Waals surface area (Å²) >= 11 is 0. The molecular formula is C16H16N2O2. The molecule has 0 saturated heterocycles. The number of aromatic nitrogens is 1. The normalized spacial score (nSPS) is 17.3. The van der Waals surface area contributed by atoms with Gasteiger partial charge in [0.2, 0.25) is 5.56 Å². The number of fused-ring (bicyclic) bond motifs is 1. The number of carbonyl (C=O) groups is 1. The highest BCUT2D eigenvalue weighted by Crippen LogP contribution is 2.29. The van der Waals surface area contributed by atoms with Crippen molar-refractivity contribution in [2.24, 2.45) is 0 Å². The van der Waals surface area contributed by atoms with E-state index in [1.165, 1.54) is 17.2 Å². The lowest BCUT2D eigenvalue weighted by Gasteiger charge is -2.26. The van der Waals surface area contributed by atoms with Gasteiger partial charge in [-0.3, -0.25) is 9.59 Å². The molecule has 1 aliphatic carbocycles. The molecule has 0 radical (unpaired) electrons. The van der Waals surface area contributed by atoms with Crippen LogP contribution in [-0.2, 0) is 6.42 Å². The molecule has 1 amide bonds. The number of hydrogen-bond acceptors (Lipinski definition) is 2. The van der Waals surface area contributed by atoms with E-state index >= 15 is 0 Å². The van der Waals surface area contributed by atoms with E-state index < -0.39 is 0 Å². The van der Waals surface area contributed by atoms with Crippen molar-refractivity contribution in [2.45, 2.75) is 25.3 Å². The molecule has 1 atom stereocenters. The molecule has 102 valence electrons. The maximum atomic E-state index is 12.2. The van der Waals surface area contributed by atoms with Gasteiger partial charge in [0.25, 0.3) is 5.91 Å². The summed E-state index contributed by atoms with van der Waals surface area (Å²) in [5.74, 6) is -0.232. The van der Waals surface area contributed by atoms with E-state index in [0.717, 1.165) is 19.3 Å². The molecule has 1 unspecified atom stereocenters. The summed E-state index contributed by atoms with van der Waals surface area (Å²) in [6.45, 7) is 0. The van der Waals surface area contributed by atoms with Gasteiger partial charge in [-0.25, -0.2) is 0 Å². The minimum Gasteiger partial charge on any atom is -0.344 e. The first kappa shape index (κ1) is 12.7. The number of benzene rings is 1. The minimum absolute atomic E-state index is 0.0242. The summed E-state index contributed by atoms with van der Waals surface area (Å²) in [4.78, 5) is 26.0. The second-order valence-electron chi connectivity index (χ2n) is 5.05. The van der Waals surface area contributed by atoms with Crippen LogP contribution in [0.2, 0.25) is 0 Å². The first-order valence-corrected chi connectivity index (χ1v) is 6.82. The largest absolute Gasteiger partial charge is 0.344 e. The SMILES string of the molecule is O=C(NC1CCCc2ccccc21)c1cccc(=O)[nH]1. The number of nitrogens with one attached hydrogen (secondary N) is 2. The van der Waals surface area contributed by atoms with Crippen molar-refractivity contribution in [3.05, 3.63) is 69.6 Å². The number of amides is 1. The maximum absolute atomic E-state index is 12.2. The zero-order valence-corrected chi connectivity index (χ0v) is 11.1. The predicted octanol–water partition coefficient (Wildman–Crippen LogP) is 2.18. The Hall–Kier alpha value is -2.36. The monoisotopic (exact) mass is 268 g/mol. The number of H-pyrrole nitrogens is 1. The smallest absolute Gasteiger partial charge is 0.268 e. The molecule has 4 heteroatoms. The van der Waals surface area contributed by atoms with Gasteiger partial charge in [0.1, 0.15) is 5.69 Å². The molecule has 0 saturated carbocycles. The topological polar surface area (TPSA) is 62.0 Å². The van der Waals surface area contributed by atoms with Gasteiger partial charge in [0.05, 0.1) is 6.04 Å². The fourth-order valence-corrected chi connectivity index (χ4v) is 2.72. The second-order valence-corrected chi connectivity index (χ2v) is 5.05. The highest BCUT2D eigenvalue weighted by Gasteiger charge is 2.21. The Morgan fingerprint density at radius 1 is 1.15 bits per heavy atom. The third-order valence-electron chi connectivity index (χ3n) is 3.69. The molecule has 3 rings (SSSR count). The van der Waals surface area contributed by atoms with Crippen molar-refractivity contribution in [3.8, 4) is 0 Å². The third kappa shape index (κ3) is 2.50. The van der Waals surface area contributed by atoms with Crippen LogP contribution in [-0.4, -0.2) is 10.9 Å². The van der Waals surface area contributed by atoms with Crippen molar-refractivity contribution < 1.29 is 4.79 Å². The first-order valence-electron chi connectivity index (χ1n) is 6.82. The van der Waals surface area contributed by atoms with E-state index in [1.54, 1.807) is 12.1 Å². The van der Waals surface area contributed by atoms with Crippen molar-refractivity contribution in [1.29, 1.82) is 0 Å². The Morgan fingerprint density at radius 3 is 2.85 bits per heavy atom. The lowest BCUT2D eigenvalue weighted by Crippen LogP contribution is -2.32. The van der Waals surface area contributed by atoms with Gasteiger partial charge in [-0.2, -0.15) is 0 Å². The summed E-state index contributed by atoms with van der Waals surface area (Å²) in [5, 5.41) is 3.01. The molecule has 0 spiro atoms. The van der Waals surface area contributed by atoms with E-state index in [-0.39, 0.29) is 17.5 Å². The lowest BCUT2D eigenvalue weighted by atomic mass is 9.87. The van der Waals surface area contributed by atoms with Crippen molar-refractivity contribution in [3.63, 3.8) is 0 Å². The van der Waals surface area contributed by atoms with Crippen LogP contribution in [0.1, 0.15) is 40.5 Å². The van der Waals surface area contributed by atoms with E-state index in [1.807, 2.05) is 12.1 Å². The van der Waals surface area contributed by atoms with Crippen molar-refractivity contribution in [1.82, 2.24) is 10.3 Å². The quantitative estimate of drug-likeness (QED) is 0.877. The van der Waals surface area contributed by atoms with Crippen LogP contribution in [0.3, 0.4) is 0 Å². The van der Waals surface area contributed by atoms with Crippen LogP contribution in [0.25, 0.3) is 0 Å². The minimum atomic E-state index is -0.262. The average molecular weight is 268 g/mol. The molecule has 0 aliphatic heterocycles. The number of aromatic amines is 1. The fraction of sp³-hybridized carbons (Fsp3) is 0.250. The maximum Gasteiger partial charge on any atom is 0.268 e. The van der Waals surface area contributed by atoms with Gasteiger partial charge in [0, 0.05) is 6.07 Å². The Labute approximate surface area is 116 Å². The highest BCUT2D eigenvalue weighted by atomic mass is 16.2. The molecule has 0 bridgehead atoms. The molecule has 1 aromatic carbocycles. The first-order chi connectivity index (χ1) is 9.74. The average Bonchev–Trinajstić information content (AvgIpc) is 2.47. The molecule has 1 aromatic heterocycles. The molecule has 2 N–H and O–H groups in total. The van der Waals surface area contributed by atoms with Crippen LogP contribution in [0.5, 0.6) is 0 Å². The van der Waals surface area contributed by atoms with Gasteiger partial charge in [-0.05, 0) is 36.5 Å². The Morgan fingerprint density at radius 2 is 2.00 bits per heavy atom. The molecule has 0 fully saturated rings. The summed E-state index contributed by atoms with van der Waals surface area (Å²) in [6, 6.07) is 12.8. The molecule has 1 aliphatic rings. The van der Waals surface area contributed by atoms with Gasteiger partial charge in [-0.15, -0.1) is 0 Å². The van der Waals surface area contributed by atoms with Gasteiger partial charge in [0.15, 0.2) is 0 Å². The van der Waals surface area contributed by atoms with E-state index in [0.29, 0.717) is 5.69 Å². The van der Waals surface area contributed by atoms with Crippen LogP contribution in [0, 0.1) is 0 Å². The van der Waals surface area contributed by atoms with Gasteiger partial charge >= 0.3 is 0 Å². The molecule has 1 heterocycles. The number of hydrogen-bond donors (Lipinski definition) is 2.